The Morgan fingerprint density at radius 3 is 2.58 bits per heavy atom. The fourth-order valence-corrected chi connectivity index (χ4v) is 1.96. The highest BCUT2D eigenvalue weighted by molar-refractivity contribution is 9.10. The maximum Gasteiger partial charge on any atom is 0.172 e. The van der Waals surface area contributed by atoms with Crippen LogP contribution in [0, 0.1) is 0 Å². The van der Waals surface area contributed by atoms with E-state index < -0.39 is 0 Å². The minimum Gasteiger partial charge on any atom is -0.294 e. The molecule has 0 bridgehead atoms. The molecule has 12 heavy (non-hydrogen) atoms. The van der Waals surface area contributed by atoms with Crippen LogP contribution in [-0.2, 0) is 0 Å². The monoisotopic (exact) mass is 224 g/mol. The molecule has 0 spiro atoms. The highest BCUT2D eigenvalue weighted by Crippen LogP contribution is 2.28. The molecule has 2 rings (SSSR count). The molecule has 0 unspecified atom stereocenters. The number of rotatable bonds is 0. The van der Waals surface area contributed by atoms with Crippen molar-refractivity contribution in [1.29, 1.82) is 0 Å². The van der Waals surface area contributed by atoms with Gasteiger partial charge in [-0.05, 0) is 6.07 Å². The third-order valence-electron chi connectivity index (χ3n) is 1.91. The first-order valence-electron chi connectivity index (χ1n) is 3.55. The molecule has 60 valence electrons. The van der Waals surface area contributed by atoms with Crippen LogP contribution in [0.5, 0.6) is 0 Å². The van der Waals surface area contributed by atoms with Crippen LogP contribution in [0.15, 0.2) is 22.7 Å². The third kappa shape index (κ3) is 0.932. The van der Waals surface area contributed by atoms with Crippen molar-refractivity contribution in [2.24, 2.45) is 0 Å². The van der Waals surface area contributed by atoms with Crippen molar-refractivity contribution >= 4 is 27.5 Å². The van der Waals surface area contributed by atoms with Gasteiger partial charge >= 0.3 is 0 Å². The van der Waals surface area contributed by atoms with Gasteiger partial charge in [0.2, 0.25) is 0 Å². The topological polar surface area (TPSA) is 34.1 Å². The number of Topliss-reactive ketones (excluding diaryl/α,β-unsaturated/α-hetero) is 2. The van der Waals surface area contributed by atoms with Crippen LogP contribution in [0.25, 0.3) is 0 Å². The highest BCUT2D eigenvalue weighted by Gasteiger charge is 2.28. The minimum atomic E-state index is -0.0810. The molecule has 0 saturated carbocycles. The van der Waals surface area contributed by atoms with Crippen LogP contribution >= 0.6 is 15.9 Å². The van der Waals surface area contributed by atoms with Gasteiger partial charge in [0.05, 0.1) is 6.42 Å². The van der Waals surface area contributed by atoms with Gasteiger partial charge in [-0.15, -0.1) is 0 Å². The zero-order valence-corrected chi connectivity index (χ0v) is 7.72. The third-order valence-corrected chi connectivity index (χ3v) is 2.57. The summed E-state index contributed by atoms with van der Waals surface area (Å²) in [6.07, 6.45) is 0.0257. The number of carbonyl (C=O) groups is 2. The predicted octanol–water partition coefficient (Wildman–Crippen LogP) is 2.22. The number of benzene rings is 1. The zero-order chi connectivity index (χ0) is 8.72. The van der Waals surface area contributed by atoms with Crippen molar-refractivity contribution in [3.63, 3.8) is 0 Å². The summed E-state index contributed by atoms with van der Waals surface area (Å²) in [4.78, 5) is 22.4. The number of hydrogen-bond donors (Lipinski definition) is 0. The summed E-state index contributed by atoms with van der Waals surface area (Å²) in [7, 11) is 0. The normalized spacial score (nSPS) is 15.1. The largest absolute Gasteiger partial charge is 0.294 e. The Kier molecular flexibility index (Phi) is 1.61. The number of carbonyl (C=O) groups excluding carboxylic acids is 2. The molecule has 1 aromatic rings. The molecule has 0 N–H and O–H groups in total. The Labute approximate surface area is 77.7 Å². The molecule has 3 heteroatoms. The van der Waals surface area contributed by atoms with Crippen molar-refractivity contribution in [1.82, 2.24) is 0 Å². The lowest BCUT2D eigenvalue weighted by atomic mass is 10.1. The molecule has 0 heterocycles. The van der Waals surface area contributed by atoms with E-state index in [9.17, 15) is 9.59 Å². The summed E-state index contributed by atoms with van der Waals surface area (Å²) in [6, 6.07) is 5.22. The summed E-state index contributed by atoms with van der Waals surface area (Å²) in [5.74, 6) is -0.154. The average molecular weight is 225 g/mol. The van der Waals surface area contributed by atoms with E-state index in [1.54, 1.807) is 18.2 Å². The molecule has 1 aliphatic rings. The molecule has 1 aromatic carbocycles. The quantitative estimate of drug-likeness (QED) is 0.634. The Bertz CT molecular complexity index is 382. The first-order chi connectivity index (χ1) is 5.70. The number of fused-ring (bicyclic) bond motifs is 1. The maximum atomic E-state index is 11.2. The fraction of sp³-hybridized carbons (Fsp3) is 0.111. The van der Waals surface area contributed by atoms with E-state index in [1.807, 2.05) is 0 Å². The van der Waals surface area contributed by atoms with Gasteiger partial charge < -0.3 is 0 Å². The van der Waals surface area contributed by atoms with Crippen molar-refractivity contribution < 1.29 is 9.59 Å². The van der Waals surface area contributed by atoms with Gasteiger partial charge in [0.1, 0.15) is 0 Å². The van der Waals surface area contributed by atoms with Crippen molar-refractivity contribution in [2.75, 3.05) is 0 Å². The molecule has 0 fully saturated rings. The molecule has 0 radical (unpaired) electrons. The van der Waals surface area contributed by atoms with Crippen molar-refractivity contribution in [3.8, 4) is 0 Å². The van der Waals surface area contributed by atoms with Gasteiger partial charge in [0.25, 0.3) is 0 Å². The summed E-state index contributed by atoms with van der Waals surface area (Å²) in [5.41, 5.74) is 1.09. The predicted molar refractivity (Wildman–Crippen MR) is 47.4 cm³/mol. The number of ketones is 2. The standard InChI is InChI=1S/C9H5BrO2/c10-6-3-1-2-5-7(11)4-8(12)9(5)6/h1-3H,4H2. The number of halogens is 1. The maximum absolute atomic E-state index is 11.2. The van der Waals surface area contributed by atoms with Crippen LogP contribution in [0.2, 0.25) is 0 Å². The summed E-state index contributed by atoms with van der Waals surface area (Å²) < 4.78 is 0.718. The first kappa shape index (κ1) is 7.68. The SMILES string of the molecule is O=C1CC(=O)c2c(Br)cccc21. The van der Waals surface area contributed by atoms with Gasteiger partial charge in [-0.3, -0.25) is 9.59 Å². The Morgan fingerprint density at radius 1 is 1.17 bits per heavy atom. The lowest BCUT2D eigenvalue weighted by molar-refractivity contribution is 0.0923. The van der Waals surface area contributed by atoms with E-state index in [-0.39, 0.29) is 18.0 Å². The van der Waals surface area contributed by atoms with Crippen molar-refractivity contribution in [2.45, 2.75) is 6.42 Å². The van der Waals surface area contributed by atoms with Gasteiger partial charge in [-0.2, -0.15) is 0 Å². The zero-order valence-electron chi connectivity index (χ0n) is 6.13. The van der Waals surface area contributed by atoms with Crippen molar-refractivity contribution in [3.05, 3.63) is 33.8 Å². The molecule has 0 atom stereocenters. The minimum absolute atomic E-state index is 0.0257. The molecule has 0 saturated heterocycles. The second-order valence-corrected chi connectivity index (χ2v) is 3.54. The molecule has 0 amide bonds. The summed E-state index contributed by atoms with van der Waals surface area (Å²) in [6.45, 7) is 0. The fourth-order valence-electron chi connectivity index (χ4n) is 1.37. The molecular formula is C9H5BrO2. The van der Waals surface area contributed by atoms with Crippen LogP contribution in [-0.4, -0.2) is 11.6 Å². The molecule has 0 aliphatic heterocycles. The number of hydrogen-bond acceptors (Lipinski definition) is 2. The molecule has 2 nitrogen and oxygen atoms in total. The van der Waals surface area contributed by atoms with E-state index in [4.69, 9.17) is 0 Å². The van der Waals surface area contributed by atoms with Gasteiger partial charge in [-0.1, -0.05) is 28.1 Å². The second kappa shape index (κ2) is 2.52. The Balaban J connectivity index is 2.75. The van der Waals surface area contributed by atoms with E-state index in [0.717, 1.165) is 4.47 Å². The highest BCUT2D eigenvalue weighted by atomic mass is 79.9. The first-order valence-corrected chi connectivity index (χ1v) is 4.34. The molecule has 1 aliphatic carbocycles. The van der Waals surface area contributed by atoms with Crippen LogP contribution in [0.4, 0.5) is 0 Å². The van der Waals surface area contributed by atoms with Gasteiger partial charge in [-0.25, -0.2) is 0 Å². The smallest absolute Gasteiger partial charge is 0.172 e. The summed E-state index contributed by atoms with van der Waals surface area (Å²) >= 11 is 3.24. The van der Waals surface area contributed by atoms with E-state index in [2.05, 4.69) is 15.9 Å². The van der Waals surface area contributed by atoms with Crippen LogP contribution < -0.4 is 0 Å². The lowest BCUT2D eigenvalue weighted by Crippen LogP contribution is -1.91. The molecule has 0 aromatic heterocycles. The lowest BCUT2D eigenvalue weighted by Gasteiger charge is -1.96. The molecular weight excluding hydrogens is 220 g/mol. The van der Waals surface area contributed by atoms with Crippen LogP contribution in [0.1, 0.15) is 27.1 Å². The second-order valence-electron chi connectivity index (χ2n) is 2.69. The Hall–Kier alpha value is -0.960. The Morgan fingerprint density at radius 2 is 1.92 bits per heavy atom. The van der Waals surface area contributed by atoms with E-state index in [1.165, 1.54) is 0 Å². The van der Waals surface area contributed by atoms with Gasteiger partial charge in [0.15, 0.2) is 11.6 Å². The summed E-state index contributed by atoms with van der Waals surface area (Å²) in [5, 5.41) is 0. The van der Waals surface area contributed by atoms with Gasteiger partial charge in [0, 0.05) is 15.6 Å². The van der Waals surface area contributed by atoms with E-state index >= 15 is 0 Å². The average Bonchev–Trinajstić information content (AvgIpc) is 2.29. The van der Waals surface area contributed by atoms with Crippen LogP contribution in [0.3, 0.4) is 0 Å². The van der Waals surface area contributed by atoms with E-state index in [0.29, 0.717) is 11.1 Å².